The van der Waals surface area contributed by atoms with Crippen LogP contribution >= 0.6 is 0 Å². The molecule has 1 saturated heterocycles. The van der Waals surface area contributed by atoms with Crippen LogP contribution in [0.3, 0.4) is 0 Å². The fourth-order valence-corrected chi connectivity index (χ4v) is 5.99. The van der Waals surface area contributed by atoms with Crippen LogP contribution < -0.4 is 4.72 Å². The van der Waals surface area contributed by atoms with E-state index in [0.717, 1.165) is 25.5 Å². The molecule has 0 aromatic heterocycles. The van der Waals surface area contributed by atoms with Crippen molar-refractivity contribution in [1.29, 1.82) is 0 Å². The van der Waals surface area contributed by atoms with Crippen molar-refractivity contribution in [3.05, 3.63) is 46.0 Å². The Bertz CT molecular complexity index is 999. The first-order valence-corrected chi connectivity index (χ1v) is 13.2. The minimum Gasteiger partial charge on any atom is -0.316 e. The number of nitro groups is 1. The summed E-state index contributed by atoms with van der Waals surface area (Å²) in [6.07, 6.45) is 4.94. The molecule has 0 spiro atoms. The molecule has 0 radical (unpaired) electrons. The van der Waals surface area contributed by atoms with Gasteiger partial charge in [0.2, 0.25) is 22.0 Å². The van der Waals surface area contributed by atoms with Gasteiger partial charge in [-0.25, -0.2) is 8.42 Å². The van der Waals surface area contributed by atoms with E-state index in [-0.39, 0.29) is 11.8 Å². The highest BCUT2D eigenvalue weighted by atomic mass is 32.2. The van der Waals surface area contributed by atoms with Crippen molar-refractivity contribution in [2.24, 2.45) is 17.3 Å². The number of hydrogen-bond acceptors (Lipinski definition) is 6. The first-order chi connectivity index (χ1) is 15.3. The Kier molecular flexibility index (Phi) is 7.16. The van der Waals surface area contributed by atoms with Gasteiger partial charge >= 0.3 is 0 Å². The molecule has 10 heteroatoms. The lowest BCUT2D eigenvalue weighted by Crippen LogP contribution is -2.53. The van der Waals surface area contributed by atoms with Crippen LogP contribution in [0.15, 0.2) is 30.3 Å². The normalized spacial score (nSPS) is 26.7. The number of likely N-dealkylation sites (tertiary alicyclic amines) is 1. The first kappa shape index (κ1) is 25.1. The van der Waals surface area contributed by atoms with E-state index in [1.165, 1.54) is 4.90 Å². The zero-order valence-corrected chi connectivity index (χ0v) is 20.4. The average Bonchev–Trinajstić information content (AvgIpc) is 3.10. The third-order valence-corrected chi connectivity index (χ3v) is 7.35. The van der Waals surface area contributed by atoms with E-state index in [9.17, 15) is 28.1 Å². The fourth-order valence-electron chi connectivity index (χ4n) is 5.50. The van der Waals surface area contributed by atoms with Crippen LogP contribution in [0, 0.1) is 27.4 Å². The molecule has 9 nitrogen and oxygen atoms in total. The third-order valence-electron chi connectivity index (χ3n) is 6.78. The molecule has 1 aromatic carbocycles. The van der Waals surface area contributed by atoms with Crippen molar-refractivity contribution in [3.63, 3.8) is 0 Å². The van der Waals surface area contributed by atoms with Crippen molar-refractivity contribution in [2.75, 3.05) is 6.26 Å². The highest BCUT2D eigenvalue weighted by molar-refractivity contribution is 7.89. The van der Waals surface area contributed by atoms with Crippen LogP contribution in [0.2, 0.25) is 0 Å². The maximum absolute atomic E-state index is 13.9. The highest BCUT2D eigenvalue weighted by Gasteiger charge is 2.64. The molecule has 4 atom stereocenters. The van der Waals surface area contributed by atoms with Crippen molar-refractivity contribution in [1.82, 2.24) is 9.62 Å². The van der Waals surface area contributed by atoms with Crippen molar-refractivity contribution in [2.45, 2.75) is 71.0 Å². The van der Waals surface area contributed by atoms with E-state index in [0.29, 0.717) is 18.4 Å². The second-order valence-corrected chi connectivity index (χ2v) is 12.0. The van der Waals surface area contributed by atoms with E-state index in [4.69, 9.17) is 0 Å². The standard InChI is InChI=1S/C23H33N3O6S/c1-23(2,3)17-19(26(29)30)18(15-11-7-5-8-12-15)25(20(17)21(27)24-33(4,31)32)22(28)16-13-9-6-10-14-16/h5,7-8,11-12,16-20H,6,9-10,13-14H2,1-4H3,(H,24,27). The maximum atomic E-state index is 13.9. The van der Waals surface area contributed by atoms with Gasteiger partial charge in [-0.05, 0) is 23.8 Å². The Balaban J connectivity index is 2.22. The van der Waals surface area contributed by atoms with E-state index in [1.54, 1.807) is 51.1 Å². The number of carbonyl (C=O) groups is 2. The Morgan fingerprint density at radius 2 is 1.67 bits per heavy atom. The number of hydrogen-bond donors (Lipinski definition) is 1. The SMILES string of the molecule is CC(C)(C)C1C(C(=O)NS(C)(=O)=O)N(C(=O)C2CCCCC2)C(c2ccccc2)C1[N+](=O)[O-]. The summed E-state index contributed by atoms with van der Waals surface area (Å²) in [5.41, 5.74) is -0.196. The van der Waals surface area contributed by atoms with Crippen LogP contribution in [0.1, 0.15) is 64.5 Å². The number of sulfonamides is 1. The maximum Gasteiger partial charge on any atom is 0.256 e. The average molecular weight is 480 g/mol. The summed E-state index contributed by atoms with van der Waals surface area (Å²) >= 11 is 0. The first-order valence-electron chi connectivity index (χ1n) is 11.3. The van der Waals surface area contributed by atoms with E-state index >= 15 is 0 Å². The zero-order valence-electron chi connectivity index (χ0n) is 19.6. The lowest BCUT2D eigenvalue weighted by molar-refractivity contribution is -0.536. The van der Waals surface area contributed by atoms with E-state index < -0.39 is 50.3 Å². The monoisotopic (exact) mass is 479 g/mol. The molecule has 1 saturated carbocycles. The highest BCUT2D eigenvalue weighted by Crippen LogP contribution is 2.50. The van der Waals surface area contributed by atoms with Gasteiger partial charge in [0.05, 0.1) is 12.2 Å². The number of benzene rings is 1. The van der Waals surface area contributed by atoms with Gasteiger partial charge in [0, 0.05) is 10.8 Å². The molecule has 1 heterocycles. The zero-order chi connectivity index (χ0) is 24.6. The van der Waals surface area contributed by atoms with Gasteiger partial charge in [0.1, 0.15) is 12.1 Å². The lowest BCUT2D eigenvalue weighted by atomic mass is 9.72. The smallest absolute Gasteiger partial charge is 0.256 e. The minimum absolute atomic E-state index is 0.309. The summed E-state index contributed by atoms with van der Waals surface area (Å²) < 4.78 is 25.9. The van der Waals surface area contributed by atoms with Gasteiger partial charge in [0.15, 0.2) is 0 Å². The molecule has 33 heavy (non-hydrogen) atoms. The van der Waals surface area contributed by atoms with Gasteiger partial charge in [-0.2, -0.15) is 0 Å². The van der Waals surface area contributed by atoms with Crippen LogP contribution in [0.4, 0.5) is 0 Å². The summed E-state index contributed by atoms with van der Waals surface area (Å²) in [5.74, 6) is -2.45. The molecule has 182 valence electrons. The molecule has 2 fully saturated rings. The quantitative estimate of drug-likeness (QED) is 0.511. The number of nitrogens with one attached hydrogen (secondary N) is 1. The van der Waals surface area contributed by atoms with E-state index in [1.807, 2.05) is 4.72 Å². The molecule has 2 amide bonds. The summed E-state index contributed by atoms with van der Waals surface area (Å²) in [5, 5.41) is 12.5. The summed E-state index contributed by atoms with van der Waals surface area (Å²) in [7, 11) is -3.93. The van der Waals surface area contributed by atoms with Crippen LogP contribution in [0.25, 0.3) is 0 Å². The van der Waals surface area contributed by atoms with Crippen LogP contribution in [-0.2, 0) is 19.6 Å². The predicted molar refractivity (Wildman–Crippen MR) is 123 cm³/mol. The Morgan fingerprint density at radius 1 is 1.09 bits per heavy atom. The molecule has 1 aromatic rings. The molecule has 2 aliphatic rings. The lowest BCUT2D eigenvalue weighted by Gasteiger charge is -2.36. The number of amides is 2. The fraction of sp³-hybridized carbons (Fsp3) is 0.652. The Morgan fingerprint density at radius 3 is 2.15 bits per heavy atom. The third kappa shape index (κ3) is 5.37. The topological polar surface area (TPSA) is 127 Å². The van der Waals surface area contributed by atoms with Crippen LogP contribution in [-0.4, -0.2) is 48.4 Å². The molecule has 1 N–H and O–H groups in total. The number of rotatable bonds is 5. The van der Waals surface area contributed by atoms with E-state index in [2.05, 4.69) is 0 Å². The van der Waals surface area contributed by atoms with Gasteiger partial charge in [-0.3, -0.25) is 24.4 Å². The minimum atomic E-state index is -3.93. The molecule has 4 unspecified atom stereocenters. The van der Waals surface area contributed by atoms with Crippen molar-refractivity contribution in [3.8, 4) is 0 Å². The Labute approximate surface area is 195 Å². The second kappa shape index (κ2) is 9.40. The van der Waals surface area contributed by atoms with Gasteiger partial charge in [-0.15, -0.1) is 0 Å². The summed E-state index contributed by atoms with van der Waals surface area (Å²) in [4.78, 5) is 40.6. The predicted octanol–water partition coefficient (Wildman–Crippen LogP) is 2.90. The Hall–Kier alpha value is -2.49. The molecule has 3 rings (SSSR count). The largest absolute Gasteiger partial charge is 0.316 e. The van der Waals surface area contributed by atoms with Gasteiger partial charge in [-0.1, -0.05) is 70.4 Å². The van der Waals surface area contributed by atoms with Gasteiger partial charge < -0.3 is 4.90 Å². The van der Waals surface area contributed by atoms with Gasteiger partial charge in [0.25, 0.3) is 5.91 Å². The van der Waals surface area contributed by atoms with Crippen molar-refractivity contribution < 1.29 is 22.9 Å². The molecular weight excluding hydrogens is 446 g/mol. The summed E-state index contributed by atoms with van der Waals surface area (Å²) in [6, 6.07) is 5.18. The number of carbonyl (C=O) groups excluding carboxylic acids is 2. The summed E-state index contributed by atoms with van der Waals surface area (Å²) in [6.45, 7) is 5.35. The number of nitrogens with zero attached hydrogens (tertiary/aromatic N) is 2. The molecule has 0 bridgehead atoms. The molecule has 1 aliphatic carbocycles. The molecular formula is C23H33N3O6S. The van der Waals surface area contributed by atoms with Crippen molar-refractivity contribution >= 4 is 21.8 Å². The second-order valence-electron chi connectivity index (χ2n) is 10.3. The van der Waals surface area contributed by atoms with Crippen LogP contribution in [0.5, 0.6) is 0 Å². The molecule has 1 aliphatic heterocycles.